The van der Waals surface area contributed by atoms with Crippen LogP contribution in [-0.2, 0) is 4.79 Å². The van der Waals surface area contributed by atoms with Crippen LogP contribution in [0, 0.1) is 0 Å². The molecule has 182 valence electrons. The number of nitrogens with zero attached hydrogens (tertiary/aromatic N) is 5. The van der Waals surface area contributed by atoms with Gasteiger partial charge in [0.05, 0.1) is 12.8 Å². The van der Waals surface area contributed by atoms with E-state index < -0.39 is 0 Å². The lowest BCUT2D eigenvalue weighted by Gasteiger charge is -2.27. The van der Waals surface area contributed by atoms with Crippen LogP contribution in [0.3, 0.4) is 0 Å². The molecule has 1 saturated carbocycles. The molecule has 2 fully saturated rings. The van der Waals surface area contributed by atoms with E-state index in [0.717, 1.165) is 48.6 Å². The summed E-state index contributed by atoms with van der Waals surface area (Å²) in [6, 6.07) is 11.8. The zero-order valence-electron chi connectivity index (χ0n) is 20.2. The molecule has 9 nitrogen and oxygen atoms in total. The van der Waals surface area contributed by atoms with E-state index in [1.165, 1.54) is 0 Å². The summed E-state index contributed by atoms with van der Waals surface area (Å²) in [5.41, 5.74) is 1.78. The Labute approximate surface area is 201 Å². The molecule has 3 amide bonds. The van der Waals surface area contributed by atoms with Crippen LogP contribution in [0.2, 0.25) is 0 Å². The van der Waals surface area contributed by atoms with Crippen LogP contribution < -0.4 is 15.0 Å². The molecule has 0 radical (unpaired) electrons. The standard InChI is InChI=1S/C25H34N6O3/c1-18(2)26-25(33)31(20-7-8-20)17-24(32)30-14-4-13-29(15-16-30)23-12-11-22(27-28-23)19-5-9-21(34-3)10-6-19/h5-6,9-12,18,20H,4,7-8,13-17H2,1-3H3,(H,26,33). The number of hydrogen-bond acceptors (Lipinski definition) is 6. The van der Waals surface area contributed by atoms with Gasteiger partial charge < -0.3 is 24.8 Å². The van der Waals surface area contributed by atoms with Crippen molar-refractivity contribution in [3.05, 3.63) is 36.4 Å². The number of urea groups is 1. The molecular weight excluding hydrogens is 432 g/mol. The molecule has 34 heavy (non-hydrogen) atoms. The molecule has 1 aliphatic carbocycles. The molecule has 0 unspecified atom stereocenters. The van der Waals surface area contributed by atoms with E-state index >= 15 is 0 Å². The van der Waals surface area contributed by atoms with Gasteiger partial charge in [-0.2, -0.15) is 0 Å². The molecule has 0 spiro atoms. The van der Waals surface area contributed by atoms with Gasteiger partial charge in [-0.3, -0.25) is 4.79 Å². The molecule has 2 heterocycles. The predicted molar refractivity (Wildman–Crippen MR) is 131 cm³/mol. The highest BCUT2D eigenvalue weighted by atomic mass is 16.5. The molecule has 1 saturated heterocycles. The van der Waals surface area contributed by atoms with Crippen LogP contribution in [0.4, 0.5) is 10.6 Å². The number of aromatic nitrogens is 2. The molecule has 0 atom stereocenters. The molecule has 2 aliphatic rings. The molecular formula is C25H34N6O3. The van der Waals surface area contributed by atoms with Crippen LogP contribution in [0.5, 0.6) is 5.75 Å². The van der Waals surface area contributed by atoms with E-state index in [-0.39, 0.29) is 30.6 Å². The summed E-state index contributed by atoms with van der Waals surface area (Å²) >= 11 is 0. The van der Waals surface area contributed by atoms with Crippen molar-refractivity contribution in [3.63, 3.8) is 0 Å². The second-order valence-electron chi connectivity index (χ2n) is 9.19. The van der Waals surface area contributed by atoms with Gasteiger partial charge in [-0.05, 0) is 69.5 Å². The minimum Gasteiger partial charge on any atom is -0.497 e. The van der Waals surface area contributed by atoms with Crippen LogP contribution in [0.15, 0.2) is 36.4 Å². The van der Waals surface area contributed by atoms with E-state index in [9.17, 15) is 9.59 Å². The van der Waals surface area contributed by atoms with Crippen molar-refractivity contribution in [2.24, 2.45) is 0 Å². The first-order chi connectivity index (χ1) is 16.4. The van der Waals surface area contributed by atoms with Crippen LogP contribution in [0.25, 0.3) is 11.3 Å². The average molecular weight is 467 g/mol. The number of benzene rings is 1. The molecule has 4 rings (SSSR count). The normalized spacial score (nSPS) is 16.2. The maximum absolute atomic E-state index is 13.0. The number of anilines is 1. The zero-order valence-corrected chi connectivity index (χ0v) is 20.2. The van der Waals surface area contributed by atoms with Crippen molar-refractivity contribution >= 4 is 17.8 Å². The van der Waals surface area contributed by atoms with E-state index in [1.807, 2.05) is 55.1 Å². The topological polar surface area (TPSA) is 90.9 Å². The lowest BCUT2D eigenvalue weighted by atomic mass is 10.1. The van der Waals surface area contributed by atoms with Crippen molar-refractivity contribution in [2.45, 2.75) is 45.2 Å². The summed E-state index contributed by atoms with van der Waals surface area (Å²) in [6.07, 6.45) is 2.78. The smallest absolute Gasteiger partial charge is 0.318 e. The SMILES string of the molecule is COc1ccc(-c2ccc(N3CCCN(C(=O)CN(C(=O)NC(C)C)C4CC4)CC3)nn2)cc1. The fraction of sp³-hybridized carbons (Fsp3) is 0.520. The number of ether oxygens (including phenoxy) is 1. The Balaban J connectivity index is 1.34. The van der Waals surface area contributed by atoms with E-state index in [4.69, 9.17) is 4.74 Å². The lowest BCUT2D eigenvalue weighted by Crippen LogP contribution is -2.49. The quantitative estimate of drug-likeness (QED) is 0.675. The number of carbonyl (C=O) groups excluding carboxylic acids is 2. The van der Waals surface area contributed by atoms with Crippen molar-refractivity contribution in [1.29, 1.82) is 0 Å². The summed E-state index contributed by atoms with van der Waals surface area (Å²) in [5.74, 6) is 1.62. The van der Waals surface area contributed by atoms with Crippen molar-refractivity contribution < 1.29 is 14.3 Å². The molecule has 1 aromatic carbocycles. The molecule has 2 aromatic rings. The highest BCUT2D eigenvalue weighted by Crippen LogP contribution is 2.27. The first-order valence-corrected chi connectivity index (χ1v) is 12.0. The van der Waals surface area contributed by atoms with Gasteiger partial charge >= 0.3 is 6.03 Å². The van der Waals surface area contributed by atoms with Crippen molar-refractivity contribution in [2.75, 3.05) is 44.7 Å². The van der Waals surface area contributed by atoms with Gasteiger partial charge in [-0.1, -0.05) is 0 Å². The number of nitrogens with one attached hydrogen (secondary N) is 1. The second-order valence-corrected chi connectivity index (χ2v) is 9.19. The van der Waals surface area contributed by atoms with E-state index in [0.29, 0.717) is 19.6 Å². The molecule has 1 N–H and O–H groups in total. The first-order valence-electron chi connectivity index (χ1n) is 12.0. The zero-order chi connectivity index (χ0) is 24.1. The van der Waals surface area contributed by atoms with Gasteiger partial charge in [0.1, 0.15) is 12.3 Å². The molecule has 9 heteroatoms. The molecule has 1 aliphatic heterocycles. The highest BCUT2D eigenvalue weighted by Gasteiger charge is 2.35. The van der Waals surface area contributed by atoms with Gasteiger partial charge in [0.2, 0.25) is 5.91 Å². The van der Waals surface area contributed by atoms with Crippen LogP contribution in [0.1, 0.15) is 33.1 Å². The summed E-state index contributed by atoms with van der Waals surface area (Å²) in [4.78, 5) is 31.3. The number of carbonyl (C=O) groups is 2. The predicted octanol–water partition coefficient (Wildman–Crippen LogP) is 2.77. The Morgan fingerprint density at radius 1 is 1.06 bits per heavy atom. The van der Waals surface area contributed by atoms with Crippen LogP contribution in [-0.4, -0.2) is 83.9 Å². The lowest BCUT2D eigenvalue weighted by molar-refractivity contribution is -0.131. The first kappa shape index (κ1) is 23.8. The van der Waals surface area contributed by atoms with Gasteiger partial charge in [0, 0.05) is 43.8 Å². The highest BCUT2D eigenvalue weighted by molar-refractivity contribution is 5.84. The maximum Gasteiger partial charge on any atom is 0.318 e. The van der Waals surface area contributed by atoms with Crippen molar-refractivity contribution in [1.82, 2.24) is 25.3 Å². The van der Waals surface area contributed by atoms with E-state index in [1.54, 1.807) is 12.0 Å². The summed E-state index contributed by atoms with van der Waals surface area (Å²) in [6.45, 7) is 6.77. The summed E-state index contributed by atoms with van der Waals surface area (Å²) in [7, 11) is 1.65. The minimum atomic E-state index is -0.144. The van der Waals surface area contributed by atoms with Crippen LogP contribution >= 0.6 is 0 Å². The third-order valence-electron chi connectivity index (χ3n) is 6.18. The summed E-state index contributed by atoms with van der Waals surface area (Å²) in [5, 5.41) is 11.8. The number of hydrogen-bond donors (Lipinski definition) is 1. The minimum absolute atomic E-state index is 0.00796. The van der Waals surface area contributed by atoms with Gasteiger partial charge in [0.15, 0.2) is 5.82 Å². The second kappa shape index (κ2) is 10.7. The van der Waals surface area contributed by atoms with E-state index in [2.05, 4.69) is 20.4 Å². The molecule has 1 aromatic heterocycles. The van der Waals surface area contributed by atoms with Gasteiger partial charge in [0.25, 0.3) is 0 Å². The van der Waals surface area contributed by atoms with Gasteiger partial charge in [-0.15, -0.1) is 10.2 Å². The third-order valence-corrected chi connectivity index (χ3v) is 6.18. The largest absolute Gasteiger partial charge is 0.497 e. The van der Waals surface area contributed by atoms with Gasteiger partial charge in [-0.25, -0.2) is 4.79 Å². The fourth-order valence-electron chi connectivity index (χ4n) is 4.13. The fourth-order valence-corrected chi connectivity index (χ4v) is 4.13. The average Bonchev–Trinajstić information content (AvgIpc) is 3.69. The Morgan fingerprint density at radius 2 is 1.82 bits per heavy atom. The number of rotatable bonds is 7. The number of methoxy groups -OCH3 is 1. The number of amides is 3. The Hall–Kier alpha value is -3.36. The summed E-state index contributed by atoms with van der Waals surface area (Å²) < 4.78 is 5.21. The molecule has 0 bridgehead atoms. The monoisotopic (exact) mass is 466 g/mol. The third kappa shape index (κ3) is 5.95. The Kier molecular flexibility index (Phi) is 7.49. The Bertz CT molecular complexity index is 975. The van der Waals surface area contributed by atoms with Crippen molar-refractivity contribution in [3.8, 4) is 17.0 Å². The Morgan fingerprint density at radius 3 is 2.44 bits per heavy atom. The maximum atomic E-state index is 13.0.